The molecule has 0 aliphatic rings. The van der Waals surface area contributed by atoms with Crippen molar-refractivity contribution in [3.63, 3.8) is 0 Å². The normalized spacial score (nSPS) is 12.9. The summed E-state index contributed by atoms with van der Waals surface area (Å²) in [5.74, 6) is -0.829. The van der Waals surface area contributed by atoms with E-state index in [9.17, 15) is 8.78 Å². The highest BCUT2D eigenvalue weighted by atomic mass is 19.1. The molecule has 0 amide bonds. The van der Waals surface area contributed by atoms with E-state index in [1.165, 1.54) is 47.2 Å². The molecule has 2 nitrogen and oxygen atoms in total. The number of nitrogens with zero attached hydrogens (tertiary/aromatic N) is 2. The minimum absolute atomic E-state index is 0.0525. The summed E-state index contributed by atoms with van der Waals surface area (Å²) in [4.78, 5) is 7.89. The lowest BCUT2D eigenvalue weighted by molar-refractivity contribution is 0.520. The van der Waals surface area contributed by atoms with Gasteiger partial charge in [-0.05, 0) is 89.5 Å². The summed E-state index contributed by atoms with van der Waals surface area (Å²) in [6.07, 6.45) is 10.4. The summed E-state index contributed by atoms with van der Waals surface area (Å²) in [5, 5.41) is 0. The Hall–Kier alpha value is -3.40. The fraction of sp³-hybridized carbons (Fsp3) is 0.333. The molecule has 2 aromatic heterocycles. The van der Waals surface area contributed by atoms with Crippen LogP contribution in [-0.2, 0) is 25.7 Å². The highest BCUT2D eigenvalue weighted by molar-refractivity contribution is 5.34. The van der Waals surface area contributed by atoms with Crippen molar-refractivity contribution >= 4 is 0 Å². The Kier molecular flexibility index (Phi) is 9.53. The highest BCUT2D eigenvalue weighted by Gasteiger charge is 2.26. The van der Waals surface area contributed by atoms with Crippen LogP contribution in [0.4, 0.5) is 8.78 Å². The molecule has 4 heteroatoms. The van der Waals surface area contributed by atoms with Crippen molar-refractivity contribution in [1.29, 1.82) is 0 Å². The number of unbranched alkanes of at least 4 members (excludes halogenated alkanes) is 1. The Morgan fingerprint density at radius 3 is 1.65 bits per heavy atom. The summed E-state index contributed by atoms with van der Waals surface area (Å²) in [7, 11) is 0. The largest absolute Gasteiger partial charge is 0.228 e. The molecule has 2 atom stereocenters. The standard InChI is InChI=1S/C33H36F2N2/c1-3-5-7-25-8-10-26(11-9-25)20-31(29-17-19-33(35)37-23-29)30(21-27-14-18-32(34)36-22-27)28-15-12-24(6-4-2)13-16-28/h8-19,22-23,30-31H,3-7,20-21H2,1-2H3. The average Bonchev–Trinajstić information content (AvgIpc) is 2.92. The number of aryl methyl sites for hydroxylation is 2. The summed E-state index contributed by atoms with van der Waals surface area (Å²) >= 11 is 0. The quantitative estimate of drug-likeness (QED) is 0.183. The molecular formula is C33H36F2N2. The number of aromatic nitrogens is 2. The zero-order chi connectivity index (χ0) is 26.0. The smallest absolute Gasteiger partial charge is 0.212 e. The second kappa shape index (κ2) is 13.2. The average molecular weight is 499 g/mol. The van der Waals surface area contributed by atoms with Crippen LogP contribution in [0.1, 0.15) is 78.3 Å². The molecule has 0 spiro atoms. The molecule has 0 saturated carbocycles. The van der Waals surface area contributed by atoms with Gasteiger partial charge in [0.1, 0.15) is 0 Å². The van der Waals surface area contributed by atoms with E-state index in [1.54, 1.807) is 12.4 Å². The van der Waals surface area contributed by atoms with Gasteiger partial charge in [-0.1, -0.05) is 87.4 Å². The molecule has 0 bridgehead atoms. The monoisotopic (exact) mass is 498 g/mol. The van der Waals surface area contributed by atoms with E-state index in [2.05, 4.69) is 72.3 Å². The van der Waals surface area contributed by atoms with Crippen LogP contribution in [0, 0.1) is 11.9 Å². The number of rotatable bonds is 12. The summed E-state index contributed by atoms with van der Waals surface area (Å²) in [5.41, 5.74) is 7.08. The number of pyridine rings is 2. The maximum Gasteiger partial charge on any atom is 0.212 e. The van der Waals surface area contributed by atoms with Gasteiger partial charge in [0.25, 0.3) is 0 Å². The number of hydrogen-bond donors (Lipinski definition) is 0. The van der Waals surface area contributed by atoms with Crippen LogP contribution in [0.15, 0.2) is 85.2 Å². The zero-order valence-corrected chi connectivity index (χ0v) is 21.8. The maximum absolute atomic E-state index is 13.8. The van der Waals surface area contributed by atoms with Crippen molar-refractivity contribution in [3.05, 3.63) is 130 Å². The molecule has 0 aliphatic heterocycles. The van der Waals surface area contributed by atoms with E-state index in [1.807, 2.05) is 12.1 Å². The summed E-state index contributed by atoms with van der Waals surface area (Å²) in [6.45, 7) is 4.39. The van der Waals surface area contributed by atoms with Gasteiger partial charge in [-0.25, -0.2) is 9.97 Å². The van der Waals surface area contributed by atoms with Crippen LogP contribution < -0.4 is 0 Å². The van der Waals surface area contributed by atoms with Crippen molar-refractivity contribution < 1.29 is 8.78 Å². The highest BCUT2D eigenvalue weighted by Crippen LogP contribution is 2.38. The van der Waals surface area contributed by atoms with Crippen molar-refractivity contribution in [2.75, 3.05) is 0 Å². The van der Waals surface area contributed by atoms with Crippen LogP contribution in [0.5, 0.6) is 0 Å². The Morgan fingerprint density at radius 2 is 1.05 bits per heavy atom. The lowest BCUT2D eigenvalue weighted by Crippen LogP contribution is -2.17. The van der Waals surface area contributed by atoms with E-state index in [0.29, 0.717) is 6.42 Å². The van der Waals surface area contributed by atoms with Crippen LogP contribution in [0.25, 0.3) is 0 Å². The fourth-order valence-electron chi connectivity index (χ4n) is 5.07. The van der Waals surface area contributed by atoms with Gasteiger partial charge < -0.3 is 0 Å². The SMILES string of the molecule is CCCCc1ccc(CC(c2ccc(F)nc2)C(Cc2ccc(F)nc2)c2ccc(CCC)cc2)cc1. The first-order valence-corrected chi connectivity index (χ1v) is 13.4. The predicted molar refractivity (Wildman–Crippen MR) is 147 cm³/mol. The molecule has 0 fully saturated rings. The van der Waals surface area contributed by atoms with E-state index < -0.39 is 11.9 Å². The van der Waals surface area contributed by atoms with Gasteiger partial charge in [0.05, 0.1) is 0 Å². The maximum atomic E-state index is 13.8. The fourth-order valence-corrected chi connectivity index (χ4v) is 5.07. The Balaban J connectivity index is 1.72. The topological polar surface area (TPSA) is 25.8 Å². The van der Waals surface area contributed by atoms with Gasteiger partial charge in [-0.15, -0.1) is 0 Å². The molecule has 0 N–H and O–H groups in total. The molecule has 2 heterocycles. The minimum Gasteiger partial charge on any atom is -0.228 e. The first-order valence-electron chi connectivity index (χ1n) is 13.4. The molecule has 37 heavy (non-hydrogen) atoms. The lowest BCUT2D eigenvalue weighted by Gasteiger charge is -2.29. The Bertz CT molecular complexity index is 1220. The van der Waals surface area contributed by atoms with Crippen molar-refractivity contribution in [2.24, 2.45) is 0 Å². The molecule has 2 aromatic carbocycles. The van der Waals surface area contributed by atoms with Gasteiger partial charge in [-0.3, -0.25) is 0 Å². The molecule has 0 saturated heterocycles. The van der Waals surface area contributed by atoms with Crippen molar-refractivity contribution in [3.8, 4) is 0 Å². The van der Waals surface area contributed by atoms with Gasteiger partial charge in [0.15, 0.2) is 0 Å². The molecule has 0 aliphatic carbocycles. The van der Waals surface area contributed by atoms with Gasteiger partial charge in [-0.2, -0.15) is 8.78 Å². The van der Waals surface area contributed by atoms with Gasteiger partial charge >= 0.3 is 0 Å². The van der Waals surface area contributed by atoms with E-state index in [0.717, 1.165) is 36.8 Å². The molecule has 4 aromatic rings. The van der Waals surface area contributed by atoms with Gasteiger partial charge in [0, 0.05) is 12.4 Å². The van der Waals surface area contributed by atoms with Crippen LogP contribution in [-0.4, -0.2) is 9.97 Å². The predicted octanol–water partition coefficient (Wildman–Crippen LogP) is 8.40. The zero-order valence-electron chi connectivity index (χ0n) is 21.8. The second-order valence-corrected chi connectivity index (χ2v) is 9.94. The van der Waals surface area contributed by atoms with E-state index >= 15 is 0 Å². The number of halogens is 2. The Morgan fingerprint density at radius 1 is 0.541 bits per heavy atom. The lowest BCUT2D eigenvalue weighted by atomic mass is 9.75. The van der Waals surface area contributed by atoms with Gasteiger partial charge in [0.2, 0.25) is 11.9 Å². The molecule has 192 valence electrons. The molecule has 2 unspecified atom stereocenters. The first kappa shape index (κ1) is 26.7. The van der Waals surface area contributed by atoms with E-state index in [4.69, 9.17) is 0 Å². The number of benzene rings is 2. The Labute approximate surface area is 219 Å². The van der Waals surface area contributed by atoms with Crippen LogP contribution >= 0.6 is 0 Å². The summed E-state index contributed by atoms with van der Waals surface area (Å²) in [6, 6.07) is 24.2. The van der Waals surface area contributed by atoms with Crippen LogP contribution in [0.3, 0.4) is 0 Å². The summed E-state index contributed by atoms with van der Waals surface area (Å²) < 4.78 is 27.4. The number of hydrogen-bond acceptors (Lipinski definition) is 2. The van der Waals surface area contributed by atoms with Crippen molar-refractivity contribution in [2.45, 2.75) is 70.6 Å². The van der Waals surface area contributed by atoms with Crippen LogP contribution in [0.2, 0.25) is 0 Å². The third kappa shape index (κ3) is 7.55. The third-order valence-electron chi connectivity index (χ3n) is 7.15. The van der Waals surface area contributed by atoms with Crippen molar-refractivity contribution in [1.82, 2.24) is 9.97 Å². The van der Waals surface area contributed by atoms with E-state index in [-0.39, 0.29) is 11.8 Å². The molecule has 0 radical (unpaired) electrons. The third-order valence-corrected chi connectivity index (χ3v) is 7.15. The molecular weight excluding hydrogens is 462 g/mol. The first-order chi connectivity index (χ1) is 18.1. The minimum atomic E-state index is -0.481. The second-order valence-electron chi connectivity index (χ2n) is 9.94. The molecule has 4 rings (SSSR count).